The molecule has 0 bridgehead atoms. The summed E-state index contributed by atoms with van der Waals surface area (Å²) in [7, 11) is 1.79. The third-order valence-corrected chi connectivity index (χ3v) is 2.62. The average Bonchev–Trinajstić information content (AvgIpc) is 2.88. The molecule has 0 aliphatic carbocycles. The summed E-state index contributed by atoms with van der Waals surface area (Å²) in [6, 6.07) is 8.76. The molecule has 0 aliphatic heterocycles. The van der Waals surface area contributed by atoms with E-state index in [1.54, 1.807) is 42.2 Å². The molecular weight excluding hydrogens is 258 g/mol. The minimum Gasteiger partial charge on any atom is -0.482 e. The van der Waals surface area contributed by atoms with Gasteiger partial charge < -0.3 is 14.6 Å². The van der Waals surface area contributed by atoms with Crippen LogP contribution in [0.1, 0.15) is 11.4 Å². The number of ether oxygens (including phenoxy) is 1. The van der Waals surface area contributed by atoms with Gasteiger partial charge in [0.25, 0.3) is 5.91 Å². The Morgan fingerprint density at radius 1 is 1.50 bits per heavy atom. The Morgan fingerprint density at radius 3 is 3.00 bits per heavy atom. The minimum atomic E-state index is -0.291. The van der Waals surface area contributed by atoms with Crippen molar-refractivity contribution in [3.05, 3.63) is 42.0 Å². The van der Waals surface area contributed by atoms with Gasteiger partial charge in [-0.3, -0.25) is 4.79 Å². The van der Waals surface area contributed by atoms with Crippen LogP contribution in [0.4, 0.5) is 0 Å². The molecular formula is C13H13N5O2. The molecule has 1 heterocycles. The Hall–Kier alpha value is -2.88. The van der Waals surface area contributed by atoms with E-state index in [-0.39, 0.29) is 19.1 Å². The van der Waals surface area contributed by atoms with E-state index < -0.39 is 0 Å². The molecule has 0 radical (unpaired) electrons. The van der Waals surface area contributed by atoms with Crippen molar-refractivity contribution in [3.63, 3.8) is 0 Å². The number of nitriles is 1. The second-order valence-corrected chi connectivity index (χ2v) is 4.03. The zero-order chi connectivity index (χ0) is 14.4. The first-order valence-electron chi connectivity index (χ1n) is 5.92. The average molecular weight is 271 g/mol. The number of nitrogens with zero attached hydrogens (tertiary/aromatic N) is 4. The van der Waals surface area contributed by atoms with Crippen molar-refractivity contribution >= 4 is 5.91 Å². The second-order valence-electron chi connectivity index (χ2n) is 4.03. The van der Waals surface area contributed by atoms with E-state index in [0.717, 1.165) is 0 Å². The van der Waals surface area contributed by atoms with Crippen molar-refractivity contribution in [3.8, 4) is 11.8 Å². The second kappa shape index (κ2) is 6.33. The van der Waals surface area contributed by atoms with Gasteiger partial charge >= 0.3 is 0 Å². The number of amides is 1. The molecule has 0 aliphatic rings. The summed E-state index contributed by atoms with van der Waals surface area (Å²) in [5.41, 5.74) is 0.397. The van der Waals surface area contributed by atoms with E-state index in [9.17, 15) is 4.79 Å². The first-order chi connectivity index (χ1) is 9.70. The van der Waals surface area contributed by atoms with Crippen molar-refractivity contribution in [2.45, 2.75) is 6.54 Å². The largest absolute Gasteiger partial charge is 0.482 e. The van der Waals surface area contributed by atoms with E-state index in [1.807, 2.05) is 6.07 Å². The third-order valence-electron chi connectivity index (χ3n) is 2.62. The number of nitrogens with one attached hydrogen (secondary N) is 1. The van der Waals surface area contributed by atoms with E-state index >= 15 is 0 Å². The quantitative estimate of drug-likeness (QED) is 0.848. The molecule has 2 rings (SSSR count). The standard InChI is InChI=1S/C13H13N5O2/c1-18-9-16-17-12(18)7-15-13(19)8-20-11-5-3-2-4-10(11)6-14/h2-5,9H,7-8H2,1H3,(H,15,19). The topological polar surface area (TPSA) is 92.8 Å². The number of aromatic nitrogens is 3. The molecule has 1 aromatic heterocycles. The maximum Gasteiger partial charge on any atom is 0.258 e. The smallest absolute Gasteiger partial charge is 0.258 e. The van der Waals surface area contributed by atoms with Gasteiger partial charge in [0.2, 0.25) is 0 Å². The maximum absolute atomic E-state index is 11.6. The molecule has 0 saturated heterocycles. The molecule has 1 amide bonds. The monoisotopic (exact) mass is 271 g/mol. The highest BCUT2D eigenvalue weighted by molar-refractivity contribution is 5.77. The summed E-state index contributed by atoms with van der Waals surface area (Å²) in [4.78, 5) is 11.6. The summed E-state index contributed by atoms with van der Waals surface area (Å²) >= 11 is 0. The molecule has 7 heteroatoms. The Labute approximate surface area is 115 Å². The summed E-state index contributed by atoms with van der Waals surface area (Å²) in [6.07, 6.45) is 1.56. The number of carbonyl (C=O) groups excluding carboxylic acids is 1. The molecule has 0 atom stereocenters. The molecule has 0 fully saturated rings. The van der Waals surface area contributed by atoms with Crippen LogP contribution in [0, 0.1) is 11.3 Å². The van der Waals surface area contributed by atoms with Crippen molar-refractivity contribution in [1.82, 2.24) is 20.1 Å². The predicted octanol–water partition coefficient (Wildman–Crippen LogP) is 0.382. The van der Waals surface area contributed by atoms with E-state index in [4.69, 9.17) is 10.00 Å². The summed E-state index contributed by atoms with van der Waals surface area (Å²) in [6.45, 7) is 0.120. The van der Waals surface area contributed by atoms with Gasteiger partial charge in [-0.05, 0) is 12.1 Å². The molecule has 102 valence electrons. The maximum atomic E-state index is 11.6. The van der Waals surface area contributed by atoms with Gasteiger partial charge in [-0.2, -0.15) is 5.26 Å². The van der Waals surface area contributed by atoms with Crippen LogP contribution in [-0.2, 0) is 18.4 Å². The number of rotatable bonds is 5. The molecule has 7 nitrogen and oxygen atoms in total. The van der Waals surface area contributed by atoms with Crippen molar-refractivity contribution in [1.29, 1.82) is 5.26 Å². The summed E-state index contributed by atoms with van der Waals surface area (Å²) < 4.78 is 7.03. The number of hydrogen-bond acceptors (Lipinski definition) is 5. The number of benzene rings is 1. The van der Waals surface area contributed by atoms with E-state index in [0.29, 0.717) is 17.1 Å². The lowest BCUT2D eigenvalue weighted by Gasteiger charge is -2.08. The van der Waals surface area contributed by atoms with Gasteiger partial charge in [0, 0.05) is 7.05 Å². The lowest BCUT2D eigenvalue weighted by atomic mass is 10.2. The van der Waals surface area contributed by atoms with E-state index in [1.165, 1.54) is 0 Å². The molecule has 0 spiro atoms. The van der Waals surface area contributed by atoms with Crippen LogP contribution < -0.4 is 10.1 Å². The Balaban J connectivity index is 1.84. The third kappa shape index (κ3) is 3.32. The highest BCUT2D eigenvalue weighted by atomic mass is 16.5. The van der Waals surface area contributed by atoms with Gasteiger partial charge in [-0.25, -0.2) is 0 Å². The number of hydrogen-bond donors (Lipinski definition) is 1. The van der Waals surface area contributed by atoms with Gasteiger partial charge in [0.05, 0.1) is 12.1 Å². The van der Waals surface area contributed by atoms with Crippen LogP contribution in [0.2, 0.25) is 0 Å². The molecule has 2 aromatic rings. The van der Waals surface area contributed by atoms with Crippen molar-refractivity contribution in [2.75, 3.05) is 6.61 Å². The van der Waals surface area contributed by atoms with Crippen LogP contribution in [-0.4, -0.2) is 27.3 Å². The van der Waals surface area contributed by atoms with Crippen molar-refractivity contribution in [2.24, 2.45) is 7.05 Å². The molecule has 0 saturated carbocycles. The summed E-state index contributed by atoms with van der Waals surface area (Å²) in [5.74, 6) is 0.750. The van der Waals surface area contributed by atoms with Crippen LogP contribution in [0.3, 0.4) is 0 Å². The molecule has 20 heavy (non-hydrogen) atoms. The Bertz CT molecular complexity index is 644. The van der Waals surface area contributed by atoms with Crippen LogP contribution in [0.5, 0.6) is 5.75 Å². The zero-order valence-electron chi connectivity index (χ0n) is 10.9. The fourth-order valence-corrected chi connectivity index (χ4v) is 1.52. The minimum absolute atomic E-state index is 0.156. The highest BCUT2D eigenvalue weighted by Gasteiger charge is 2.07. The number of carbonyl (C=O) groups is 1. The highest BCUT2D eigenvalue weighted by Crippen LogP contribution is 2.16. The van der Waals surface area contributed by atoms with Crippen LogP contribution in [0.25, 0.3) is 0 Å². The molecule has 1 aromatic carbocycles. The Kier molecular flexibility index (Phi) is 4.29. The van der Waals surface area contributed by atoms with E-state index in [2.05, 4.69) is 15.5 Å². The molecule has 1 N–H and O–H groups in total. The fourth-order valence-electron chi connectivity index (χ4n) is 1.52. The summed E-state index contributed by atoms with van der Waals surface area (Å²) in [5, 5.41) is 19.1. The normalized spacial score (nSPS) is 9.80. The van der Waals surface area contributed by atoms with Gasteiger partial charge in [-0.15, -0.1) is 10.2 Å². The lowest BCUT2D eigenvalue weighted by molar-refractivity contribution is -0.123. The first kappa shape index (κ1) is 13.5. The Morgan fingerprint density at radius 2 is 2.30 bits per heavy atom. The van der Waals surface area contributed by atoms with Gasteiger partial charge in [0.15, 0.2) is 12.4 Å². The van der Waals surface area contributed by atoms with Crippen LogP contribution >= 0.6 is 0 Å². The number of para-hydroxylation sites is 1. The fraction of sp³-hybridized carbons (Fsp3) is 0.231. The van der Waals surface area contributed by atoms with Crippen LogP contribution in [0.15, 0.2) is 30.6 Å². The number of aryl methyl sites for hydroxylation is 1. The predicted molar refractivity (Wildman–Crippen MR) is 69.5 cm³/mol. The lowest BCUT2D eigenvalue weighted by Crippen LogP contribution is -2.29. The van der Waals surface area contributed by atoms with Gasteiger partial charge in [-0.1, -0.05) is 12.1 Å². The first-order valence-corrected chi connectivity index (χ1v) is 5.92. The SMILES string of the molecule is Cn1cnnc1CNC(=O)COc1ccccc1C#N. The van der Waals surface area contributed by atoms with Crippen molar-refractivity contribution < 1.29 is 9.53 Å². The zero-order valence-corrected chi connectivity index (χ0v) is 10.9. The molecule has 0 unspecified atom stereocenters. The van der Waals surface area contributed by atoms with Gasteiger partial charge in [0.1, 0.15) is 18.1 Å².